The highest BCUT2D eigenvalue weighted by molar-refractivity contribution is 5.92. The van der Waals surface area contributed by atoms with Crippen LogP contribution in [0.25, 0.3) is 0 Å². The van der Waals surface area contributed by atoms with Gasteiger partial charge in [-0.2, -0.15) is 0 Å². The van der Waals surface area contributed by atoms with Crippen molar-refractivity contribution >= 4 is 17.7 Å². The SMILES string of the molecule is CC(=O)O[C@@]12CO[C@@H]1C[C@H](C)[C@@]1(C)C(=O)[C@H](C)C3=C(C)[C@@H](C)C[C@@](O)([C@@H](OC(=O)c4ccccc4)C12)C3(C)C. The third-order valence-electron chi connectivity index (χ3n) is 11.1. The third kappa shape index (κ3) is 3.65. The van der Waals surface area contributed by atoms with Gasteiger partial charge in [-0.25, -0.2) is 4.79 Å². The summed E-state index contributed by atoms with van der Waals surface area (Å²) >= 11 is 0. The molecule has 1 aliphatic heterocycles. The first kappa shape index (κ1) is 28.0. The first-order valence-electron chi connectivity index (χ1n) is 14.2. The summed E-state index contributed by atoms with van der Waals surface area (Å²) in [5.74, 6) is -2.55. The molecular formula is C32H42O7. The molecule has 2 bridgehead atoms. The van der Waals surface area contributed by atoms with Crippen LogP contribution in [0.2, 0.25) is 0 Å². The van der Waals surface area contributed by atoms with Crippen molar-refractivity contribution in [3.05, 3.63) is 47.0 Å². The monoisotopic (exact) mass is 538 g/mol. The maximum atomic E-state index is 14.8. The van der Waals surface area contributed by atoms with Crippen LogP contribution in [0.1, 0.15) is 78.6 Å². The fourth-order valence-corrected chi connectivity index (χ4v) is 8.71. The fourth-order valence-electron chi connectivity index (χ4n) is 8.71. The first-order chi connectivity index (χ1) is 18.1. The summed E-state index contributed by atoms with van der Waals surface area (Å²) < 4.78 is 18.5. The number of fused-ring (bicyclic) bond motifs is 5. The fraction of sp³-hybridized carbons (Fsp3) is 0.656. The second-order valence-electron chi connectivity index (χ2n) is 13.3. The van der Waals surface area contributed by atoms with Crippen LogP contribution in [0.5, 0.6) is 0 Å². The summed E-state index contributed by atoms with van der Waals surface area (Å²) in [5, 5.41) is 13.0. The van der Waals surface area contributed by atoms with Gasteiger partial charge in [-0.05, 0) is 43.7 Å². The predicted molar refractivity (Wildman–Crippen MR) is 145 cm³/mol. The third-order valence-corrected chi connectivity index (χ3v) is 11.1. The minimum Gasteiger partial charge on any atom is -0.455 e. The van der Waals surface area contributed by atoms with Crippen molar-refractivity contribution in [1.82, 2.24) is 0 Å². The number of carbonyl (C=O) groups excluding carboxylic acids is 3. The molecule has 0 spiro atoms. The zero-order valence-corrected chi connectivity index (χ0v) is 24.4. The molecule has 1 saturated heterocycles. The molecule has 3 fully saturated rings. The summed E-state index contributed by atoms with van der Waals surface area (Å²) in [6.07, 6.45) is -0.736. The normalized spacial score (nSPS) is 42.7. The van der Waals surface area contributed by atoms with E-state index in [-0.39, 0.29) is 24.2 Å². The smallest absolute Gasteiger partial charge is 0.338 e. The molecule has 5 rings (SSSR count). The van der Waals surface area contributed by atoms with E-state index in [1.54, 1.807) is 24.3 Å². The number of benzene rings is 1. The summed E-state index contributed by atoms with van der Waals surface area (Å²) in [6.45, 7) is 15.3. The van der Waals surface area contributed by atoms with Gasteiger partial charge in [0.2, 0.25) is 0 Å². The highest BCUT2D eigenvalue weighted by atomic mass is 16.6. The van der Waals surface area contributed by atoms with E-state index >= 15 is 0 Å². The van der Waals surface area contributed by atoms with Gasteiger partial charge in [0.1, 0.15) is 23.6 Å². The van der Waals surface area contributed by atoms with Crippen LogP contribution in [0.3, 0.4) is 0 Å². The number of esters is 2. The van der Waals surface area contributed by atoms with E-state index in [4.69, 9.17) is 14.2 Å². The van der Waals surface area contributed by atoms with Crippen molar-refractivity contribution in [3.8, 4) is 0 Å². The van der Waals surface area contributed by atoms with Crippen molar-refractivity contribution < 1.29 is 33.7 Å². The Balaban J connectivity index is 1.81. The molecular weight excluding hydrogens is 496 g/mol. The molecule has 0 aromatic heterocycles. The van der Waals surface area contributed by atoms with Gasteiger partial charge in [-0.3, -0.25) is 9.59 Å². The van der Waals surface area contributed by atoms with E-state index < -0.39 is 58.0 Å². The van der Waals surface area contributed by atoms with Gasteiger partial charge in [0, 0.05) is 23.7 Å². The molecule has 1 N–H and O–H groups in total. The van der Waals surface area contributed by atoms with Crippen molar-refractivity contribution in [1.29, 1.82) is 0 Å². The summed E-state index contributed by atoms with van der Waals surface area (Å²) in [4.78, 5) is 41.1. The molecule has 7 nitrogen and oxygen atoms in total. The number of hydrogen-bond donors (Lipinski definition) is 1. The molecule has 1 aromatic carbocycles. The molecule has 4 aliphatic rings. The number of rotatable bonds is 3. The minimum absolute atomic E-state index is 0.0243. The van der Waals surface area contributed by atoms with Crippen LogP contribution in [0.4, 0.5) is 0 Å². The number of hydrogen-bond acceptors (Lipinski definition) is 7. The van der Waals surface area contributed by atoms with E-state index in [0.29, 0.717) is 18.4 Å². The van der Waals surface area contributed by atoms with Gasteiger partial charge in [-0.1, -0.05) is 70.9 Å². The van der Waals surface area contributed by atoms with Crippen LogP contribution < -0.4 is 0 Å². The lowest BCUT2D eigenvalue weighted by Gasteiger charge is -2.68. The summed E-state index contributed by atoms with van der Waals surface area (Å²) in [6, 6.07) is 8.68. The van der Waals surface area contributed by atoms with Crippen LogP contribution in [0, 0.1) is 34.5 Å². The zero-order valence-electron chi connectivity index (χ0n) is 24.4. The van der Waals surface area contributed by atoms with Crippen LogP contribution in [-0.4, -0.2) is 52.8 Å². The van der Waals surface area contributed by atoms with E-state index in [0.717, 1.165) is 11.1 Å². The second kappa shape index (κ2) is 9.00. The molecule has 7 heteroatoms. The summed E-state index contributed by atoms with van der Waals surface area (Å²) in [5.41, 5.74) is -2.35. The van der Waals surface area contributed by atoms with E-state index in [1.165, 1.54) is 6.92 Å². The van der Waals surface area contributed by atoms with Crippen molar-refractivity contribution in [2.45, 2.75) is 91.6 Å². The van der Waals surface area contributed by atoms with E-state index in [9.17, 15) is 19.5 Å². The number of Topliss-reactive ketones (excluding diaryl/α,β-unsaturated/α-hetero) is 1. The highest BCUT2D eigenvalue weighted by Crippen LogP contribution is 2.66. The number of ether oxygens (including phenoxy) is 3. The molecule has 39 heavy (non-hydrogen) atoms. The quantitative estimate of drug-likeness (QED) is 0.431. The topological polar surface area (TPSA) is 99.1 Å². The number of carbonyl (C=O) groups is 3. The van der Waals surface area contributed by atoms with Crippen LogP contribution in [0.15, 0.2) is 41.5 Å². The molecule has 212 valence electrons. The number of aliphatic hydroxyl groups is 1. The molecule has 1 heterocycles. The number of ketones is 1. The van der Waals surface area contributed by atoms with Crippen LogP contribution >= 0.6 is 0 Å². The van der Waals surface area contributed by atoms with Crippen molar-refractivity contribution in [3.63, 3.8) is 0 Å². The molecule has 0 radical (unpaired) electrons. The lowest BCUT2D eigenvalue weighted by Crippen LogP contribution is -2.80. The number of allylic oxidation sites excluding steroid dienone is 1. The van der Waals surface area contributed by atoms with Gasteiger partial charge in [-0.15, -0.1) is 0 Å². The Kier molecular flexibility index (Phi) is 6.47. The van der Waals surface area contributed by atoms with Gasteiger partial charge >= 0.3 is 11.9 Å². The van der Waals surface area contributed by atoms with Gasteiger partial charge < -0.3 is 19.3 Å². The Morgan fingerprint density at radius 2 is 1.72 bits per heavy atom. The Hall–Kier alpha value is -2.51. The average molecular weight is 539 g/mol. The Labute approximate surface area is 231 Å². The summed E-state index contributed by atoms with van der Waals surface area (Å²) in [7, 11) is 0. The Morgan fingerprint density at radius 1 is 1.08 bits per heavy atom. The second-order valence-corrected chi connectivity index (χ2v) is 13.3. The molecule has 9 atom stereocenters. The predicted octanol–water partition coefficient (Wildman–Crippen LogP) is 4.91. The lowest BCUT2D eigenvalue weighted by atomic mass is 9.42. The standard InChI is InChI=1S/C32H42O7/c1-17-15-32(36)27(38-28(35)22-12-10-9-11-13-22)25-30(8,26(34)20(4)24(19(17)3)29(32,6)7)18(2)14-23-31(25,16-37-23)39-21(5)33/h9-13,17-18,20,23,25,27,36H,14-16H2,1-8H3/t17-,18-,20+,23+,25?,27-,30+,31-,32+/m0/s1. The molecule has 0 amide bonds. The lowest BCUT2D eigenvalue weighted by molar-refractivity contribution is -0.339. The molecule has 1 aromatic rings. The highest BCUT2D eigenvalue weighted by Gasteiger charge is 2.76. The first-order valence-corrected chi connectivity index (χ1v) is 14.2. The molecule has 1 unspecified atom stereocenters. The minimum atomic E-state index is -1.54. The van der Waals surface area contributed by atoms with Gasteiger partial charge in [0.25, 0.3) is 0 Å². The Morgan fingerprint density at radius 3 is 2.28 bits per heavy atom. The maximum Gasteiger partial charge on any atom is 0.338 e. The zero-order chi connectivity index (χ0) is 28.7. The Bertz CT molecular complexity index is 1230. The van der Waals surface area contributed by atoms with Crippen molar-refractivity contribution in [2.75, 3.05) is 6.61 Å². The largest absolute Gasteiger partial charge is 0.455 e. The molecule has 3 aliphatic carbocycles. The van der Waals surface area contributed by atoms with E-state index in [1.807, 2.05) is 47.6 Å². The van der Waals surface area contributed by atoms with E-state index in [2.05, 4.69) is 6.92 Å². The van der Waals surface area contributed by atoms with Crippen molar-refractivity contribution in [2.24, 2.45) is 34.5 Å². The average Bonchev–Trinajstić information content (AvgIpc) is 2.87. The van der Waals surface area contributed by atoms with Gasteiger partial charge in [0.05, 0.1) is 18.1 Å². The van der Waals surface area contributed by atoms with Gasteiger partial charge in [0.15, 0.2) is 5.60 Å². The molecule has 2 saturated carbocycles. The maximum absolute atomic E-state index is 14.8. The van der Waals surface area contributed by atoms with Crippen LogP contribution in [-0.2, 0) is 23.8 Å².